The van der Waals surface area contributed by atoms with Crippen LogP contribution in [-0.4, -0.2) is 20.3 Å². The van der Waals surface area contributed by atoms with Crippen LogP contribution >= 0.6 is 0 Å². The van der Waals surface area contributed by atoms with Gasteiger partial charge in [-0.15, -0.1) is 0 Å². The molecule has 0 fully saturated rings. The quantitative estimate of drug-likeness (QED) is 0.664. The van der Waals surface area contributed by atoms with Crippen LogP contribution in [0.5, 0.6) is 0 Å². The van der Waals surface area contributed by atoms with Crippen molar-refractivity contribution in [3.63, 3.8) is 0 Å². The van der Waals surface area contributed by atoms with Crippen LogP contribution in [0, 0.1) is 17.1 Å². The third-order valence-corrected chi connectivity index (χ3v) is 2.36. The molecular formula is C12H12F4N2O. The highest BCUT2D eigenvalue weighted by molar-refractivity contribution is 5.31. The minimum Gasteiger partial charge on any atom is -0.383 e. The number of halogens is 4. The summed E-state index contributed by atoms with van der Waals surface area (Å²) in [6.45, 7) is 0.562. The van der Waals surface area contributed by atoms with Gasteiger partial charge in [-0.05, 0) is 23.8 Å². The van der Waals surface area contributed by atoms with Crippen LogP contribution in [0.15, 0.2) is 18.2 Å². The second kappa shape index (κ2) is 6.50. The average Bonchev–Trinajstić information content (AvgIpc) is 2.33. The van der Waals surface area contributed by atoms with E-state index in [-0.39, 0.29) is 12.1 Å². The second-order valence-electron chi connectivity index (χ2n) is 3.78. The fourth-order valence-corrected chi connectivity index (χ4v) is 1.49. The fourth-order valence-electron chi connectivity index (χ4n) is 1.49. The average molecular weight is 276 g/mol. The van der Waals surface area contributed by atoms with E-state index in [0.717, 1.165) is 12.1 Å². The zero-order valence-electron chi connectivity index (χ0n) is 10.1. The van der Waals surface area contributed by atoms with Gasteiger partial charge in [-0.1, -0.05) is 0 Å². The predicted molar refractivity (Wildman–Crippen MR) is 59.6 cm³/mol. The van der Waals surface area contributed by atoms with Crippen molar-refractivity contribution in [2.45, 2.75) is 12.2 Å². The monoisotopic (exact) mass is 276 g/mol. The Labute approximate surface area is 107 Å². The van der Waals surface area contributed by atoms with E-state index in [2.05, 4.69) is 5.32 Å². The molecule has 0 radical (unpaired) electrons. The lowest BCUT2D eigenvalue weighted by Gasteiger charge is -2.14. The molecule has 1 N–H and O–H groups in total. The molecule has 0 heterocycles. The molecule has 104 valence electrons. The first-order chi connectivity index (χ1) is 8.88. The SMILES string of the molecule is COCCNC(C#N)c1cc(F)cc(C(F)(F)F)c1. The summed E-state index contributed by atoms with van der Waals surface area (Å²) in [7, 11) is 1.45. The Morgan fingerprint density at radius 1 is 1.37 bits per heavy atom. The van der Waals surface area contributed by atoms with E-state index in [9.17, 15) is 17.6 Å². The molecule has 19 heavy (non-hydrogen) atoms. The van der Waals surface area contributed by atoms with Crippen LogP contribution in [0.2, 0.25) is 0 Å². The number of benzene rings is 1. The van der Waals surface area contributed by atoms with Gasteiger partial charge < -0.3 is 4.74 Å². The summed E-state index contributed by atoms with van der Waals surface area (Å²) in [6.07, 6.45) is -4.65. The van der Waals surface area contributed by atoms with Gasteiger partial charge in [0.15, 0.2) is 0 Å². The van der Waals surface area contributed by atoms with Crippen LogP contribution in [0.1, 0.15) is 17.2 Å². The molecule has 1 rings (SSSR count). The molecule has 0 spiro atoms. The molecule has 1 aromatic carbocycles. The van der Waals surface area contributed by atoms with E-state index in [1.54, 1.807) is 6.07 Å². The Bertz CT molecular complexity index is 468. The molecule has 0 aliphatic rings. The normalized spacial score (nSPS) is 13.1. The van der Waals surface area contributed by atoms with Crippen LogP contribution in [0.3, 0.4) is 0 Å². The Morgan fingerprint density at radius 3 is 2.58 bits per heavy atom. The van der Waals surface area contributed by atoms with Gasteiger partial charge >= 0.3 is 6.18 Å². The standard InChI is InChI=1S/C12H12F4N2O/c1-19-3-2-18-11(7-17)8-4-9(12(14,15)16)6-10(13)5-8/h4-6,11,18H,2-3H2,1H3. The maximum atomic E-state index is 13.2. The van der Waals surface area contributed by atoms with E-state index in [0.29, 0.717) is 12.7 Å². The summed E-state index contributed by atoms with van der Waals surface area (Å²) in [5, 5.41) is 11.6. The van der Waals surface area contributed by atoms with E-state index in [4.69, 9.17) is 10.00 Å². The smallest absolute Gasteiger partial charge is 0.383 e. The summed E-state index contributed by atoms with van der Waals surface area (Å²) in [5.74, 6) is -1.03. The first-order valence-electron chi connectivity index (χ1n) is 5.38. The van der Waals surface area contributed by atoms with Crippen molar-refractivity contribution in [3.8, 4) is 6.07 Å². The minimum absolute atomic E-state index is 0.0640. The molecular weight excluding hydrogens is 264 g/mol. The highest BCUT2D eigenvalue weighted by Gasteiger charge is 2.32. The fraction of sp³-hybridized carbons (Fsp3) is 0.417. The lowest BCUT2D eigenvalue weighted by Crippen LogP contribution is -2.24. The molecule has 0 aliphatic carbocycles. The molecule has 0 aromatic heterocycles. The van der Waals surface area contributed by atoms with Crippen molar-refractivity contribution in [1.82, 2.24) is 5.32 Å². The first kappa shape index (κ1) is 15.4. The number of methoxy groups -OCH3 is 1. The van der Waals surface area contributed by atoms with Crippen molar-refractivity contribution < 1.29 is 22.3 Å². The largest absolute Gasteiger partial charge is 0.416 e. The van der Waals surface area contributed by atoms with Gasteiger partial charge in [0.1, 0.15) is 11.9 Å². The third kappa shape index (κ3) is 4.50. The number of hydrogen-bond acceptors (Lipinski definition) is 3. The molecule has 0 bridgehead atoms. The Balaban J connectivity index is 2.98. The number of alkyl halides is 3. The van der Waals surface area contributed by atoms with Gasteiger partial charge in [-0.2, -0.15) is 18.4 Å². The number of rotatable bonds is 5. The topological polar surface area (TPSA) is 45.0 Å². The van der Waals surface area contributed by atoms with Gasteiger partial charge in [0.05, 0.1) is 18.2 Å². The zero-order valence-corrected chi connectivity index (χ0v) is 10.1. The first-order valence-corrected chi connectivity index (χ1v) is 5.38. The van der Waals surface area contributed by atoms with Crippen LogP contribution in [-0.2, 0) is 10.9 Å². The lowest BCUT2D eigenvalue weighted by atomic mass is 10.0. The molecule has 0 saturated heterocycles. The number of nitrogens with one attached hydrogen (secondary N) is 1. The summed E-state index contributed by atoms with van der Waals surface area (Å²) in [6, 6.07) is 2.82. The Kier molecular flexibility index (Phi) is 5.27. The van der Waals surface area contributed by atoms with Gasteiger partial charge in [0, 0.05) is 13.7 Å². The van der Waals surface area contributed by atoms with Gasteiger partial charge in [-0.25, -0.2) is 4.39 Å². The molecule has 0 saturated carbocycles. The van der Waals surface area contributed by atoms with Crippen molar-refractivity contribution in [1.29, 1.82) is 5.26 Å². The van der Waals surface area contributed by atoms with Gasteiger partial charge in [0.25, 0.3) is 0 Å². The van der Waals surface area contributed by atoms with Crippen molar-refractivity contribution in [2.24, 2.45) is 0 Å². The summed E-state index contributed by atoms with van der Waals surface area (Å²) in [4.78, 5) is 0. The highest BCUT2D eigenvalue weighted by atomic mass is 19.4. The summed E-state index contributed by atoms with van der Waals surface area (Å²) >= 11 is 0. The van der Waals surface area contributed by atoms with Crippen molar-refractivity contribution in [3.05, 3.63) is 35.1 Å². The van der Waals surface area contributed by atoms with E-state index in [1.807, 2.05) is 0 Å². The number of ether oxygens (including phenoxy) is 1. The maximum Gasteiger partial charge on any atom is 0.416 e. The molecule has 1 unspecified atom stereocenters. The van der Waals surface area contributed by atoms with Gasteiger partial charge in [-0.3, -0.25) is 5.32 Å². The third-order valence-electron chi connectivity index (χ3n) is 2.36. The number of nitriles is 1. The molecule has 0 aliphatic heterocycles. The van der Waals surface area contributed by atoms with Crippen LogP contribution < -0.4 is 5.32 Å². The van der Waals surface area contributed by atoms with Crippen LogP contribution in [0.25, 0.3) is 0 Å². The number of nitrogens with zero attached hydrogens (tertiary/aromatic N) is 1. The van der Waals surface area contributed by atoms with Gasteiger partial charge in [0.2, 0.25) is 0 Å². The Morgan fingerprint density at radius 2 is 2.05 bits per heavy atom. The summed E-state index contributed by atoms with van der Waals surface area (Å²) < 4.78 is 55.5. The second-order valence-corrected chi connectivity index (χ2v) is 3.78. The highest BCUT2D eigenvalue weighted by Crippen LogP contribution is 2.31. The molecule has 1 aromatic rings. The Hall–Kier alpha value is -1.65. The molecule has 7 heteroatoms. The van der Waals surface area contributed by atoms with E-state index in [1.165, 1.54) is 7.11 Å². The molecule has 1 atom stereocenters. The maximum absolute atomic E-state index is 13.2. The molecule has 3 nitrogen and oxygen atoms in total. The number of hydrogen-bond donors (Lipinski definition) is 1. The van der Waals surface area contributed by atoms with Crippen molar-refractivity contribution in [2.75, 3.05) is 20.3 Å². The zero-order chi connectivity index (χ0) is 14.5. The lowest BCUT2D eigenvalue weighted by molar-refractivity contribution is -0.137. The minimum atomic E-state index is -4.65. The summed E-state index contributed by atoms with van der Waals surface area (Å²) in [5.41, 5.74) is -1.18. The van der Waals surface area contributed by atoms with Crippen molar-refractivity contribution >= 4 is 0 Å². The predicted octanol–water partition coefficient (Wildman–Crippen LogP) is 2.65. The van der Waals surface area contributed by atoms with E-state index < -0.39 is 23.6 Å². The van der Waals surface area contributed by atoms with Crippen LogP contribution in [0.4, 0.5) is 17.6 Å². The van der Waals surface area contributed by atoms with E-state index >= 15 is 0 Å². The molecule has 0 amide bonds.